The molecule has 0 saturated carbocycles. The van der Waals surface area contributed by atoms with E-state index in [0.717, 1.165) is 56.5 Å². The highest BCUT2D eigenvalue weighted by atomic mass is 16.3. The number of para-hydroxylation sites is 1. The number of fused-ring (bicyclic) bond motifs is 8. The van der Waals surface area contributed by atoms with Crippen molar-refractivity contribution in [3.05, 3.63) is 199 Å². The zero-order valence-corrected chi connectivity index (χ0v) is 29.5. The highest BCUT2D eigenvalue weighted by molar-refractivity contribution is 6.09. The molecule has 254 valence electrons. The lowest BCUT2D eigenvalue weighted by Crippen LogP contribution is -2.18. The molecule has 1 aliphatic rings. The molecule has 8 aromatic carbocycles. The third-order valence-corrected chi connectivity index (χ3v) is 11.1. The van der Waals surface area contributed by atoms with E-state index in [1.54, 1.807) is 0 Å². The van der Waals surface area contributed by atoms with Gasteiger partial charge >= 0.3 is 0 Å². The fourth-order valence-corrected chi connectivity index (χ4v) is 8.58. The summed E-state index contributed by atoms with van der Waals surface area (Å²) in [5, 5.41) is 9.73. The maximum Gasteiger partial charge on any atom is 0.154 e. The average molecular weight is 691 g/mol. The van der Waals surface area contributed by atoms with E-state index in [2.05, 4.69) is 175 Å². The number of anilines is 2. The zero-order chi connectivity index (χ0) is 35.6. The van der Waals surface area contributed by atoms with Gasteiger partial charge in [0.15, 0.2) is 5.58 Å². The number of nitrogens with zero attached hydrogens (tertiary/aromatic N) is 2. The molecule has 0 aliphatic heterocycles. The van der Waals surface area contributed by atoms with Crippen LogP contribution in [0.5, 0.6) is 0 Å². The van der Waals surface area contributed by atoms with Gasteiger partial charge in [0, 0.05) is 33.8 Å². The van der Waals surface area contributed by atoms with Crippen molar-refractivity contribution in [2.75, 3.05) is 4.90 Å². The minimum absolute atomic E-state index is 0.195. The fraction of sp³-hybridized carbons (Fsp3) is 0.0392. The second kappa shape index (κ2) is 12.3. The second-order valence-corrected chi connectivity index (χ2v) is 14.3. The van der Waals surface area contributed by atoms with Gasteiger partial charge < -0.3 is 9.32 Å². The predicted molar refractivity (Wildman–Crippen MR) is 227 cm³/mol. The van der Waals surface area contributed by atoms with Gasteiger partial charge in [0.25, 0.3) is 0 Å². The van der Waals surface area contributed by atoms with Gasteiger partial charge in [-0.15, -0.1) is 0 Å². The molecule has 0 spiro atoms. The van der Waals surface area contributed by atoms with E-state index < -0.39 is 0 Å². The molecule has 54 heavy (non-hydrogen) atoms. The molecule has 0 saturated heterocycles. The average Bonchev–Trinajstić information content (AvgIpc) is 3.60. The van der Waals surface area contributed by atoms with Gasteiger partial charge in [0.2, 0.25) is 0 Å². The number of aromatic nitrogens is 1. The SMILES string of the molecule is C1=CC(N(c2cccc(-c3cccc4ccccc34)c2)c2ccc3nc4c(cc3c2)oc2ccccc24)=CC(c2cc3ccccc3c3ccccc23)C1. The Labute approximate surface area is 312 Å². The lowest BCUT2D eigenvalue weighted by atomic mass is 9.85. The van der Waals surface area contributed by atoms with Crippen molar-refractivity contribution in [1.82, 2.24) is 4.98 Å². The minimum Gasteiger partial charge on any atom is -0.454 e. The lowest BCUT2D eigenvalue weighted by molar-refractivity contribution is 0.669. The molecule has 3 heteroatoms. The first-order valence-corrected chi connectivity index (χ1v) is 18.6. The van der Waals surface area contributed by atoms with Gasteiger partial charge in [-0.2, -0.15) is 0 Å². The third-order valence-electron chi connectivity index (χ3n) is 11.1. The van der Waals surface area contributed by atoms with Gasteiger partial charge in [0.05, 0.1) is 5.52 Å². The Morgan fingerprint density at radius 2 is 1.24 bits per heavy atom. The highest BCUT2D eigenvalue weighted by Gasteiger charge is 2.22. The van der Waals surface area contributed by atoms with Crippen molar-refractivity contribution in [3.63, 3.8) is 0 Å². The molecule has 1 atom stereocenters. The normalized spacial score (nSPS) is 14.4. The molecule has 0 radical (unpaired) electrons. The number of benzene rings is 8. The Morgan fingerprint density at radius 3 is 2.15 bits per heavy atom. The van der Waals surface area contributed by atoms with Gasteiger partial charge in [0.1, 0.15) is 11.1 Å². The van der Waals surface area contributed by atoms with Crippen molar-refractivity contribution in [2.24, 2.45) is 0 Å². The first-order valence-electron chi connectivity index (χ1n) is 18.6. The van der Waals surface area contributed by atoms with E-state index in [9.17, 15) is 0 Å². The molecule has 0 amide bonds. The van der Waals surface area contributed by atoms with Crippen LogP contribution >= 0.6 is 0 Å². The predicted octanol–water partition coefficient (Wildman–Crippen LogP) is 14.0. The van der Waals surface area contributed by atoms with Crippen LogP contribution in [-0.4, -0.2) is 4.98 Å². The zero-order valence-electron chi connectivity index (χ0n) is 29.5. The standard InChI is InChI=1S/C51H34N2O/c1-3-19-41-33(12-1)14-11-24-42(41)34-15-9-17-38(28-34)53(40-26-27-48-37(30-40)32-50-51(52-48)46-23-7-8-25-49(46)54-50)39-18-10-16-35(29-39)47-31-36-13-2-4-20-43(36)44-21-5-6-22-45(44)47/h1-15,17-32,35H,16H2. The summed E-state index contributed by atoms with van der Waals surface area (Å²) in [4.78, 5) is 7.50. The summed E-state index contributed by atoms with van der Waals surface area (Å²) in [6, 6.07) is 61.1. The van der Waals surface area contributed by atoms with Gasteiger partial charge in [-0.3, -0.25) is 0 Å². The summed E-state index contributed by atoms with van der Waals surface area (Å²) in [6.45, 7) is 0. The monoisotopic (exact) mass is 690 g/mol. The van der Waals surface area contributed by atoms with Gasteiger partial charge in [-0.25, -0.2) is 4.98 Å². The molecule has 0 bridgehead atoms. The summed E-state index contributed by atoms with van der Waals surface area (Å²) < 4.78 is 6.29. The molecule has 0 N–H and O–H groups in total. The largest absolute Gasteiger partial charge is 0.454 e. The highest BCUT2D eigenvalue weighted by Crippen LogP contribution is 2.42. The molecule has 1 unspecified atom stereocenters. The van der Waals surface area contributed by atoms with Crippen LogP contribution in [0.1, 0.15) is 17.9 Å². The number of hydrogen-bond acceptors (Lipinski definition) is 3. The first-order chi connectivity index (χ1) is 26.7. The quantitative estimate of drug-likeness (QED) is 0.168. The Balaban J connectivity index is 1.10. The van der Waals surface area contributed by atoms with Gasteiger partial charge in [-0.05, 0) is 116 Å². The molecule has 0 fully saturated rings. The van der Waals surface area contributed by atoms with Crippen molar-refractivity contribution in [1.29, 1.82) is 0 Å². The fourth-order valence-electron chi connectivity index (χ4n) is 8.58. The van der Waals surface area contributed by atoms with E-state index in [1.165, 1.54) is 49.0 Å². The summed E-state index contributed by atoms with van der Waals surface area (Å²) in [7, 11) is 0. The molecule has 3 nitrogen and oxygen atoms in total. The molecule has 1 aliphatic carbocycles. The van der Waals surface area contributed by atoms with Crippen molar-refractivity contribution < 1.29 is 4.42 Å². The van der Waals surface area contributed by atoms with Crippen LogP contribution in [0.4, 0.5) is 11.4 Å². The van der Waals surface area contributed by atoms with Crippen LogP contribution in [0.25, 0.3) is 76.4 Å². The summed E-state index contributed by atoms with van der Waals surface area (Å²) in [5.41, 5.74) is 10.5. The summed E-state index contributed by atoms with van der Waals surface area (Å²) in [6.07, 6.45) is 8.02. The number of allylic oxidation sites excluding steroid dienone is 3. The second-order valence-electron chi connectivity index (χ2n) is 14.3. The molecule has 11 rings (SSSR count). The van der Waals surface area contributed by atoms with E-state index in [1.807, 2.05) is 18.2 Å². The van der Waals surface area contributed by atoms with Crippen molar-refractivity contribution >= 4 is 76.7 Å². The smallest absolute Gasteiger partial charge is 0.154 e. The van der Waals surface area contributed by atoms with E-state index in [-0.39, 0.29) is 5.92 Å². The van der Waals surface area contributed by atoms with Crippen LogP contribution < -0.4 is 4.90 Å². The topological polar surface area (TPSA) is 29.3 Å². The lowest BCUT2D eigenvalue weighted by Gasteiger charge is -2.30. The van der Waals surface area contributed by atoms with E-state index in [4.69, 9.17) is 9.40 Å². The molecular weight excluding hydrogens is 657 g/mol. The van der Waals surface area contributed by atoms with Crippen LogP contribution in [0.15, 0.2) is 198 Å². The molecule has 10 aromatic rings. The first kappa shape index (κ1) is 30.6. The van der Waals surface area contributed by atoms with Gasteiger partial charge in [-0.1, -0.05) is 127 Å². The summed E-state index contributed by atoms with van der Waals surface area (Å²) in [5.74, 6) is 0.195. The Hall–Kier alpha value is -6.97. The molecule has 2 heterocycles. The van der Waals surface area contributed by atoms with Crippen LogP contribution in [0.2, 0.25) is 0 Å². The number of rotatable bonds is 5. The Bertz CT molecular complexity index is 3160. The van der Waals surface area contributed by atoms with Crippen molar-refractivity contribution in [3.8, 4) is 11.1 Å². The maximum atomic E-state index is 6.29. The Morgan fingerprint density at radius 1 is 0.519 bits per heavy atom. The van der Waals surface area contributed by atoms with E-state index >= 15 is 0 Å². The van der Waals surface area contributed by atoms with Crippen LogP contribution in [0.3, 0.4) is 0 Å². The third kappa shape index (κ3) is 5.01. The summed E-state index contributed by atoms with van der Waals surface area (Å²) >= 11 is 0. The van der Waals surface area contributed by atoms with Crippen LogP contribution in [-0.2, 0) is 0 Å². The number of hydrogen-bond donors (Lipinski definition) is 0. The number of furan rings is 1. The molecular formula is C51H34N2O. The van der Waals surface area contributed by atoms with Crippen LogP contribution in [0, 0.1) is 0 Å². The Kier molecular flexibility index (Phi) is 6.99. The van der Waals surface area contributed by atoms with E-state index in [0.29, 0.717) is 0 Å². The number of pyridine rings is 1. The minimum atomic E-state index is 0.195. The molecule has 2 aromatic heterocycles. The van der Waals surface area contributed by atoms with Crippen molar-refractivity contribution in [2.45, 2.75) is 12.3 Å². The maximum absolute atomic E-state index is 6.29.